The minimum atomic E-state index is 0.417. The molecular weight excluding hydrogens is 657 g/mol. The Morgan fingerprint density at radius 3 is 1.91 bits per heavy atom. The van der Waals surface area contributed by atoms with Crippen LogP contribution in [0.15, 0.2) is 169 Å². The van der Waals surface area contributed by atoms with Gasteiger partial charge in [-0.3, -0.25) is 0 Å². The normalized spacial score (nSPS) is 18.6. The maximum atomic E-state index is 2.51. The number of hydrogen-bond donors (Lipinski definition) is 0. The molecule has 11 rings (SSSR count). The Labute approximate surface area is 315 Å². The highest BCUT2D eigenvalue weighted by Crippen LogP contribution is 2.54. The van der Waals surface area contributed by atoms with E-state index in [1.165, 1.54) is 118 Å². The van der Waals surface area contributed by atoms with Crippen LogP contribution < -0.4 is 0 Å². The molecule has 3 aliphatic rings. The summed E-state index contributed by atoms with van der Waals surface area (Å²) in [6.07, 6.45) is 16.3. The predicted octanol–water partition coefficient (Wildman–Crippen LogP) is 14.9. The van der Waals surface area contributed by atoms with Gasteiger partial charge in [0.15, 0.2) is 0 Å². The zero-order valence-electron chi connectivity index (χ0n) is 29.8. The molecule has 2 atom stereocenters. The Balaban J connectivity index is 1.13. The number of allylic oxidation sites excluding steroid dienone is 5. The fraction of sp³-hybridized carbons (Fsp3) is 0.154. The van der Waals surface area contributed by atoms with Gasteiger partial charge in [0.2, 0.25) is 0 Å². The van der Waals surface area contributed by atoms with Crippen LogP contribution in [0.5, 0.6) is 0 Å². The van der Waals surface area contributed by atoms with E-state index in [9.17, 15) is 0 Å². The summed E-state index contributed by atoms with van der Waals surface area (Å²) in [6.45, 7) is 0. The molecular formula is C52H40S. The van der Waals surface area contributed by atoms with Gasteiger partial charge in [0, 0.05) is 26.1 Å². The van der Waals surface area contributed by atoms with E-state index in [2.05, 4.69) is 164 Å². The Morgan fingerprint density at radius 1 is 0.491 bits per heavy atom. The van der Waals surface area contributed by atoms with Crippen molar-refractivity contribution in [2.24, 2.45) is 11.8 Å². The number of thiophene rings is 1. The second-order valence-electron chi connectivity index (χ2n) is 15.3. The molecule has 0 N–H and O–H groups in total. The second kappa shape index (κ2) is 12.6. The van der Waals surface area contributed by atoms with Gasteiger partial charge in [0.05, 0.1) is 0 Å². The summed E-state index contributed by atoms with van der Waals surface area (Å²) in [5.41, 5.74) is 12.5. The van der Waals surface area contributed by atoms with Crippen LogP contribution in [0.2, 0.25) is 0 Å². The van der Waals surface area contributed by atoms with Crippen LogP contribution in [0.25, 0.3) is 69.5 Å². The number of hydrogen-bond acceptors (Lipinski definition) is 1. The first-order valence-electron chi connectivity index (χ1n) is 19.5. The maximum Gasteiger partial charge on any atom is 0.0361 e. The van der Waals surface area contributed by atoms with Crippen molar-refractivity contribution in [1.82, 2.24) is 0 Å². The van der Waals surface area contributed by atoms with Crippen molar-refractivity contribution >= 4 is 58.6 Å². The zero-order chi connectivity index (χ0) is 34.9. The molecule has 2 unspecified atom stereocenters. The summed E-state index contributed by atoms with van der Waals surface area (Å²) in [4.78, 5) is 0. The molecule has 7 aromatic carbocycles. The van der Waals surface area contributed by atoms with E-state index < -0.39 is 0 Å². The van der Waals surface area contributed by atoms with E-state index in [-0.39, 0.29) is 0 Å². The summed E-state index contributed by atoms with van der Waals surface area (Å²) in [5.74, 6) is 1.71. The van der Waals surface area contributed by atoms with Crippen LogP contribution in [-0.2, 0) is 0 Å². The number of rotatable bonds is 4. The van der Waals surface area contributed by atoms with Crippen molar-refractivity contribution in [2.75, 3.05) is 0 Å². The number of fused-ring (bicyclic) bond motifs is 7. The number of benzene rings is 7. The first-order valence-corrected chi connectivity index (χ1v) is 20.3. The zero-order valence-corrected chi connectivity index (χ0v) is 30.6. The fourth-order valence-electron chi connectivity index (χ4n) is 10.4. The highest BCUT2D eigenvalue weighted by molar-refractivity contribution is 7.25. The van der Waals surface area contributed by atoms with E-state index in [1.807, 2.05) is 11.3 Å². The van der Waals surface area contributed by atoms with Crippen LogP contribution in [-0.4, -0.2) is 0 Å². The SMILES string of the molecule is C1=CC2=C(c3cccc4sc5cc(-c6c7ccccc7c(-c7ccccc7)c7ccccc67)ccc5c34)c3ccccc3C(C3CCCCC3)C2C=C1. The lowest BCUT2D eigenvalue weighted by molar-refractivity contribution is 0.277. The van der Waals surface area contributed by atoms with E-state index in [1.54, 1.807) is 5.56 Å². The third-order valence-electron chi connectivity index (χ3n) is 12.5. The summed E-state index contributed by atoms with van der Waals surface area (Å²) in [7, 11) is 0. The van der Waals surface area contributed by atoms with E-state index in [4.69, 9.17) is 0 Å². The largest absolute Gasteiger partial charge is 0.135 e. The van der Waals surface area contributed by atoms with E-state index >= 15 is 0 Å². The Morgan fingerprint density at radius 2 is 1.15 bits per heavy atom. The third-order valence-corrected chi connectivity index (χ3v) is 13.7. The van der Waals surface area contributed by atoms with Crippen molar-refractivity contribution < 1.29 is 0 Å². The monoisotopic (exact) mass is 696 g/mol. The quantitative estimate of drug-likeness (QED) is 0.161. The van der Waals surface area contributed by atoms with Crippen molar-refractivity contribution in [3.63, 3.8) is 0 Å². The van der Waals surface area contributed by atoms with Gasteiger partial charge in [-0.25, -0.2) is 0 Å². The maximum absolute atomic E-state index is 2.51. The van der Waals surface area contributed by atoms with Gasteiger partial charge in [-0.15, -0.1) is 11.3 Å². The second-order valence-corrected chi connectivity index (χ2v) is 16.4. The Kier molecular flexibility index (Phi) is 7.37. The Bertz CT molecular complexity index is 2760. The van der Waals surface area contributed by atoms with Crippen LogP contribution in [0.3, 0.4) is 0 Å². The highest BCUT2D eigenvalue weighted by Gasteiger charge is 2.39. The lowest BCUT2D eigenvalue weighted by atomic mass is 9.62. The summed E-state index contributed by atoms with van der Waals surface area (Å²) in [5, 5.41) is 7.94. The van der Waals surface area contributed by atoms with Gasteiger partial charge in [0.1, 0.15) is 0 Å². The molecule has 0 spiro atoms. The van der Waals surface area contributed by atoms with Crippen molar-refractivity contribution in [1.29, 1.82) is 0 Å². The van der Waals surface area contributed by atoms with Crippen molar-refractivity contribution in [3.8, 4) is 22.3 Å². The molecule has 53 heavy (non-hydrogen) atoms. The smallest absolute Gasteiger partial charge is 0.0361 e. The Hall–Kier alpha value is -5.50. The van der Waals surface area contributed by atoms with Gasteiger partial charge >= 0.3 is 0 Å². The minimum Gasteiger partial charge on any atom is -0.135 e. The first-order chi connectivity index (χ1) is 26.3. The van der Waals surface area contributed by atoms with Crippen LogP contribution >= 0.6 is 11.3 Å². The van der Waals surface area contributed by atoms with Gasteiger partial charge in [-0.2, -0.15) is 0 Å². The van der Waals surface area contributed by atoms with Gasteiger partial charge in [0.25, 0.3) is 0 Å². The summed E-state index contributed by atoms with van der Waals surface area (Å²) < 4.78 is 2.70. The van der Waals surface area contributed by atoms with Crippen LogP contribution in [0, 0.1) is 11.8 Å². The van der Waals surface area contributed by atoms with Gasteiger partial charge in [-0.1, -0.05) is 171 Å². The summed E-state index contributed by atoms with van der Waals surface area (Å²) >= 11 is 1.94. The topological polar surface area (TPSA) is 0 Å². The molecule has 0 radical (unpaired) electrons. The average Bonchev–Trinajstić information content (AvgIpc) is 3.61. The third kappa shape index (κ3) is 4.87. The first kappa shape index (κ1) is 31.1. The highest BCUT2D eigenvalue weighted by atomic mass is 32.1. The molecule has 0 bridgehead atoms. The molecule has 3 aliphatic carbocycles. The lowest BCUT2D eigenvalue weighted by Gasteiger charge is -2.42. The van der Waals surface area contributed by atoms with Crippen molar-refractivity contribution in [3.05, 3.63) is 186 Å². The molecule has 0 saturated heterocycles. The minimum absolute atomic E-state index is 0.417. The summed E-state index contributed by atoms with van der Waals surface area (Å²) in [6, 6.07) is 52.6. The van der Waals surface area contributed by atoms with Crippen LogP contribution in [0.1, 0.15) is 54.7 Å². The lowest BCUT2D eigenvalue weighted by Crippen LogP contribution is -2.29. The van der Waals surface area contributed by atoms with Gasteiger partial charge in [-0.05, 0) is 108 Å². The fourth-order valence-corrected chi connectivity index (χ4v) is 11.5. The molecule has 8 aromatic rings. The molecule has 1 heteroatoms. The van der Waals surface area contributed by atoms with E-state index in [0.717, 1.165) is 5.92 Å². The molecule has 0 nitrogen and oxygen atoms in total. The molecule has 1 heterocycles. The van der Waals surface area contributed by atoms with Crippen LogP contribution in [0.4, 0.5) is 0 Å². The predicted molar refractivity (Wildman–Crippen MR) is 229 cm³/mol. The van der Waals surface area contributed by atoms with Crippen molar-refractivity contribution in [2.45, 2.75) is 38.0 Å². The molecule has 1 aromatic heterocycles. The molecule has 0 aliphatic heterocycles. The average molecular weight is 697 g/mol. The molecule has 0 amide bonds. The van der Waals surface area contributed by atoms with E-state index in [0.29, 0.717) is 11.8 Å². The molecule has 1 fully saturated rings. The molecule has 254 valence electrons. The standard InChI is InChI=1S/C52H40S/c1-3-16-33(17-4-1)48-36-20-7-9-22-38(36)50(39-23-10-8-21-37(39)48)35-30-31-44-47(32-35)53-46-29-15-28-45(52(44)46)51-42-26-13-11-24-40(42)49(34-18-5-2-6-19-34)41-25-12-14-27-43(41)51/h1,3-4,7-17,20-32,34,40,49H,2,5-6,18-19H2. The van der Waals surface area contributed by atoms with Gasteiger partial charge < -0.3 is 0 Å². The molecule has 1 saturated carbocycles.